The van der Waals surface area contributed by atoms with E-state index in [0.29, 0.717) is 16.8 Å². The van der Waals surface area contributed by atoms with Gasteiger partial charge in [-0.15, -0.1) is 0 Å². The molecule has 0 fully saturated rings. The van der Waals surface area contributed by atoms with Gasteiger partial charge in [-0.25, -0.2) is 24.6 Å². The number of carbonyl (C=O) groups excluding carboxylic acids is 2. The van der Waals surface area contributed by atoms with Crippen molar-refractivity contribution in [2.24, 2.45) is 45.6 Å². The minimum atomic E-state index is -5.17. The first-order chi connectivity index (χ1) is 46.5. The third-order valence-electron chi connectivity index (χ3n) is 14.0. The summed E-state index contributed by atoms with van der Waals surface area (Å²) >= 11 is 0. The Labute approximate surface area is 699 Å². The average Bonchev–Trinajstić information content (AvgIpc) is 1.54. The van der Waals surface area contributed by atoms with Crippen LogP contribution in [0.5, 0.6) is 0 Å². The van der Waals surface area contributed by atoms with Crippen LogP contribution < -0.4 is 175 Å². The van der Waals surface area contributed by atoms with Gasteiger partial charge in [0.1, 0.15) is 19.6 Å². The number of nitrogens with zero attached hydrogens (tertiary/aromatic N) is 11. The SMILES string of the molecule is CC1=NN(c2ccc(/C=C/c3ccc(N=c4[nH]c(=Nc5ccccc5)[nH]c(=Nc5ccc(/C=C/c6ccc(N7N=C(C)C(N=Nc8ccc(S(=O)(=O)O)cc8C(=O)O)C7=O)cc6S(=O)(=O)O)c(S(=O)(=O)O)c5)[nH]4)cc3S(=O)(=O)O)c(S(=O)(=O)O)c2)C(=O)C1N=Nc1ccccc1C(=O)O.[Na+].[Na+].[Na+].[Na+].[Na+]. The zero-order valence-electron chi connectivity index (χ0n) is 55.1. The Balaban J connectivity index is 0.00000389. The van der Waals surface area contributed by atoms with E-state index in [-0.39, 0.29) is 232 Å². The Morgan fingerprint density at radius 1 is 0.413 bits per heavy atom. The van der Waals surface area contributed by atoms with E-state index in [1.807, 2.05) is 0 Å². The molecule has 35 nitrogen and oxygen atoms in total. The van der Waals surface area contributed by atoms with Crippen molar-refractivity contribution < 1.29 is 242 Å². The maximum absolute atomic E-state index is 13.6. The molecule has 2 amide bonds. The van der Waals surface area contributed by atoms with Gasteiger partial charge in [0.15, 0.2) is 12.1 Å². The first-order valence-electron chi connectivity index (χ1n) is 27.7. The Morgan fingerprint density at radius 2 is 0.760 bits per heavy atom. The summed E-state index contributed by atoms with van der Waals surface area (Å²) in [7, 11) is -25.4. The summed E-state index contributed by atoms with van der Waals surface area (Å²) in [5.41, 5.74) is -3.29. The normalized spacial score (nSPS) is 15.5. The van der Waals surface area contributed by atoms with Crippen LogP contribution in [0, 0.1) is 0 Å². The Bertz CT molecular complexity index is 5820. The number of rotatable bonds is 20. The molecule has 0 saturated heterocycles. The topological polar surface area (TPSA) is 546 Å². The molecule has 3 heterocycles. The number of carbonyl (C=O) groups is 4. The second-order valence-electron chi connectivity index (χ2n) is 20.8. The number of aromatic amines is 3. The van der Waals surface area contributed by atoms with E-state index in [0.717, 1.165) is 83.9 Å². The van der Waals surface area contributed by atoms with E-state index >= 15 is 0 Å². The second-order valence-corrected chi connectivity index (χ2v) is 27.8. The van der Waals surface area contributed by atoms with Crippen molar-refractivity contribution in [1.29, 1.82) is 0 Å². The van der Waals surface area contributed by atoms with Gasteiger partial charge in [0, 0.05) is 0 Å². The van der Waals surface area contributed by atoms with E-state index in [9.17, 15) is 94.2 Å². The number of carboxylic acid groups (broad SMARTS) is 2. The molecule has 0 saturated carbocycles. The van der Waals surface area contributed by atoms with E-state index in [2.05, 4.69) is 60.6 Å². The molecule has 2 atom stereocenters. The molecule has 0 spiro atoms. The van der Waals surface area contributed by atoms with Gasteiger partial charge in [-0.2, -0.15) is 82.8 Å². The van der Waals surface area contributed by atoms with Crippen LogP contribution >= 0.6 is 0 Å². The van der Waals surface area contributed by atoms with E-state index in [1.165, 1.54) is 68.4 Å². The number of hydrogen-bond acceptors (Lipinski definition) is 23. The van der Waals surface area contributed by atoms with Crippen LogP contribution in [-0.4, -0.2) is 137 Å². The maximum Gasteiger partial charge on any atom is 1.00 e. The van der Waals surface area contributed by atoms with Crippen molar-refractivity contribution in [3.63, 3.8) is 0 Å². The van der Waals surface area contributed by atoms with Crippen molar-refractivity contribution in [3.05, 3.63) is 196 Å². The van der Waals surface area contributed by atoms with Gasteiger partial charge in [-0.3, -0.25) is 47.3 Å². The summed E-state index contributed by atoms with van der Waals surface area (Å²) < 4.78 is 178. The molecule has 2 aliphatic rings. The van der Waals surface area contributed by atoms with Gasteiger partial charge >= 0.3 is 160 Å². The Hall–Kier alpha value is -6.60. The monoisotopic (exact) mass is 1560 g/mol. The molecule has 10 rings (SSSR count). The molecule has 8 aromatic rings. The van der Waals surface area contributed by atoms with Crippen LogP contribution in [0.4, 0.5) is 39.8 Å². The van der Waals surface area contributed by atoms with Gasteiger partial charge in [-0.05, 0) is 127 Å². The summed E-state index contributed by atoms with van der Waals surface area (Å²) in [4.78, 5) is 68.6. The first kappa shape index (κ1) is 88.0. The van der Waals surface area contributed by atoms with Gasteiger partial charge in [0.2, 0.25) is 16.9 Å². The second kappa shape index (κ2) is 35.9. The molecule has 0 radical (unpaired) electrons. The number of anilines is 2. The number of aromatic nitrogens is 3. The van der Waals surface area contributed by atoms with Gasteiger partial charge in [-0.1, -0.05) is 78.9 Å². The zero-order chi connectivity index (χ0) is 71.7. The van der Waals surface area contributed by atoms with E-state index in [1.54, 1.807) is 30.3 Å². The maximum atomic E-state index is 13.6. The van der Waals surface area contributed by atoms with Crippen LogP contribution in [0.25, 0.3) is 24.3 Å². The van der Waals surface area contributed by atoms with Crippen molar-refractivity contribution in [1.82, 2.24) is 15.0 Å². The van der Waals surface area contributed by atoms with Crippen LogP contribution in [0.15, 0.2) is 216 Å². The van der Waals surface area contributed by atoms with Crippen LogP contribution in [0.2, 0.25) is 0 Å². The molecular formula is C59H46N14Na5O21S5+5. The third-order valence-corrected chi connectivity index (χ3v) is 18.5. The number of azo groups is 2. The summed E-state index contributed by atoms with van der Waals surface area (Å²) in [6.07, 6.45) is 4.27. The van der Waals surface area contributed by atoms with Gasteiger partial charge in [0.05, 0.1) is 67.3 Å². The van der Waals surface area contributed by atoms with Gasteiger partial charge in [0.25, 0.3) is 62.4 Å². The summed E-state index contributed by atoms with van der Waals surface area (Å²) in [5.74, 6) is -4.72. The molecule has 7 aromatic carbocycles. The molecule has 10 N–H and O–H groups in total. The molecule has 104 heavy (non-hydrogen) atoms. The number of hydrazone groups is 2. The molecule has 2 unspecified atom stereocenters. The largest absolute Gasteiger partial charge is 1.00 e. The summed E-state index contributed by atoms with van der Waals surface area (Å²) in [5, 5.41) is 44.5. The van der Waals surface area contributed by atoms with Crippen LogP contribution in [0.3, 0.4) is 0 Å². The number of amides is 2. The van der Waals surface area contributed by atoms with Crippen molar-refractivity contribution in [2.75, 3.05) is 10.0 Å². The molecule has 2 aliphatic heterocycles. The number of benzene rings is 7. The fraction of sp³-hybridized carbons (Fsp3) is 0.0678. The third kappa shape index (κ3) is 21.4. The minimum absolute atomic E-state index is 0. The smallest absolute Gasteiger partial charge is 0.478 e. The molecular weight excluding hydrogens is 1520 g/mol. The number of para-hydroxylation sites is 1. The average molecular weight is 1560 g/mol. The predicted octanol–water partition coefficient (Wildman–Crippen LogP) is -7.89. The van der Waals surface area contributed by atoms with Crippen LogP contribution in [-0.2, 0) is 60.2 Å². The summed E-state index contributed by atoms with van der Waals surface area (Å²) in [6.45, 7) is 2.75. The number of aromatic carboxylic acids is 2. The van der Waals surface area contributed by atoms with Crippen molar-refractivity contribution in [2.45, 2.75) is 50.4 Å². The van der Waals surface area contributed by atoms with Gasteiger partial charge < -0.3 is 10.2 Å². The minimum Gasteiger partial charge on any atom is -0.478 e. The van der Waals surface area contributed by atoms with Crippen LogP contribution in [0.1, 0.15) is 56.8 Å². The number of H-pyrrole nitrogens is 3. The fourth-order valence-electron chi connectivity index (χ4n) is 9.45. The Kier molecular flexibility index (Phi) is 30.4. The number of carboxylic acids is 2. The zero-order valence-corrected chi connectivity index (χ0v) is 69.2. The molecule has 0 aliphatic carbocycles. The first-order valence-corrected chi connectivity index (χ1v) is 34.9. The van der Waals surface area contributed by atoms with E-state index in [4.69, 9.17) is 0 Å². The van der Waals surface area contributed by atoms with E-state index < -0.39 is 122 Å². The number of nitrogens with one attached hydrogen (secondary N) is 3. The molecule has 45 heteroatoms. The molecule has 1 aromatic heterocycles. The standard InChI is InChI=1S/C59H46N14O21S5.5Na/c1-31-51(68-66-45-11-7-6-10-43(45)55(76)77)53(74)72(70-31)40-22-18-35(49(28-40)98(89,90)91)14-12-33-16-20-38(26-47(33)96(83,84)85)61-58-63-57(60-37-8-4-3-5-9-37)64-59(65-58)62-39-21-17-34(48(27-39)97(86,87)88)13-15-36-19-23-41(29-50(36)99(92,93)94)73-54(75)52(32(2)71-73)69-67-46-25-24-42(95(80,81)82)30-44(46)56(78)79;;;;;/h3-30,51-52H,1-2H3,(H,76,77)(H,78,79)(H,80,81,82)(H,83,84,85)(H,86,87,88)(H,89,90,91)(H,92,93,94)(H3,60,61,62,63,64,65);;;;;/q;5*+1/b14-12+,15-13+,68-66?,69-67?;;;;;. The predicted molar refractivity (Wildman–Crippen MR) is 349 cm³/mol. The van der Waals surface area contributed by atoms with Crippen molar-refractivity contribution in [3.8, 4) is 0 Å². The summed E-state index contributed by atoms with van der Waals surface area (Å²) in [6, 6.07) is 26.5. The number of hydrogen-bond donors (Lipinski definition) is 10. The molecule has 508 valence electrons. The molecule has 0 bridgehead atoms. The Morgan fingerprint density at radius 3 is 1.13 bits per heavy atom. The quantitative estimate of drug-likeness (QED) is 0.0147. The fourth-order valence-corrected chi connectivity index (χ4v) is 12.8. The van der Waals surface area contributed by atoms with Crippen molar-refractivity contribution >= 4 is 150 Å².